The van der Waals surface area contributed by atoms with E-state index in [1.807, 2.05) is 4.90 Å². The summed E-state index contributed by atoms with van der Waals surface area (Å²) in [7, 11) is 1.58. The van der Waals surface area contributed by atoms with E-state index < -0.39 is 0 Å². The normalized spacial score (nSPS) is 20.9. The molecule has 1 saturated heterocycles. The van der Waals surface area contributed by atoms with Crippen molar-refractivity contribution in [2.24, 2.45) is 5.92 Å². The van der Waals surface area contributed by atoms with Gasteiger partial charge in [0.15, 0.2) is 5.69 Å². The summed E-state index contributed by atoms with van der Waals surface area (Å²) in [5.74, 6) is 0.261. The highest BCUT2D eigenvalue weighted by atomic mass is 16.5. The largest absolute Gasteiger partial charge is 0.383 e. The van der Waals surface area contributed by atoms with Crippen LogP contribution in [0.25, 0.3) is 0 Å². The van der Waals surface area contributed by atoms with Crippen LogP contribution in [-0.2, 0) is 16.1 Å². The summed E-state index contributed by atoms with van der Waals surface area (Å²) in [6, 6.07) is 0.157. The van der Waals surface area contributed by atoms with E-state index in [1.165, 1.54) is 6.42 Å². The maximum atomic E-state index is 12.5. The van der Waals surface area contributed by atoms with Crippen LogP contribution in [0.4, 0.5) is 0 Å². The second-order valence-electron chi connectivity index (χ2n) is 6.53. The monoisotopic (exact) mass is 335 g/mol. The third kappa shape index (κ3) is 3.75. The summed E-state index contributed by atoms with van der Waals surface area (Å²) in [5.41, 5.74) is 0.293. The Labute approximate surface area is 141 Å². The molecule has 0 spiro atoms. The van der Waals surface area contributed by atoms with Crippen molar-refractivity contribution in [3.63, 3.8) is 0 Å². The molecule has 0 radical (unpaired) electrons. The third-order valence-corrected chi connectivity index (χ3v) is 4.88. The van der Waals surface area contributed by atoms with Crippen LogP contribution in [0.1, 0.15) is 42.6 Å². The molecule has 1 aromatic rings. The van der Waals surface area contributed by atoms with Gasteiger partial charge >= 0.3 is 0 Å². The zero-order chi connectivity index (χ0) is 16.9. The molecule has 1 saturated carbocycles. The Morgan fingerprint density at radius 3 is 2.88 bits per heavy atom. The van der Waals surface area contributed by atoms with Gasteiger partial charge in [0, 0.05) is 26.1 Å². The van der Waals surface area contributed by atoms with Crippen LogP contribution in [0.5, 0.6) is 0 Å². The van der Waals surface area contributed by atoms with Crippen molar-refractivity contribution in [1.82, 2.24) is 25.2 Å². The quantitative estimate of drug-likeness (QED) is 0.731. The molecular formula is C16H25N5O3. The Kier molecular flexibility index (Phi) is 5.44. The van der Waals surface area contributed by atoms with E-state index in [-0.39, 0.29) is 17.9 Å². The lowest BCUT2D eigenvalue weighted by molar-refractivity contribution is -0.139. The van der Waals surface area contributed by atoms with Crippen LogP contribution in [-0.4, -0.2) is 64.6 Å². The first-order chi connectivity index (χ1) is 11.7. The molecule has 2 aliphatic rings. The van der Waals surface area contributed by atoms with Gasteiger partial charge in [-0.05, 0) is 25.7 Å². The first-order valence-electron chi connectivity index (χ1n) is 8.67. The number of nitrogens with zero attached hydrogens (tertiary/aromatic N) is 4. The Bertz CT molecular complexity index is 584. The number of hydrogen-bond donors (Lipinski definition) is 1. The zero-order valence-electron chi connectivity index (χ0n) is 14.1. The van der Waals surface area contributed by atoms with E-state index in [2.05, 4.69) is 15.6 Å². The number of carbonyl (C=O) groups is 2. The topological polar surface area (TPSA) is 89.4 Å². The minimum atomic E-state index is -0.257. The van der Waals surface area contributed by atoms with E-state index in [4.69, 9.17) is 4.74 Å². The fourth-order valence-electron chi connectivity index (χ4n) is 3.27. The van der Waals surface area contributed by atoms with Gasteiger partial charge in [0.2, 0.25) is 5.91 Å². The maximum Gasteiger partial charge on any atom is 0.273 e. The molecule has 0 aromatic carbocycles. The minimum absolute atomic E-state index is 0.157. The summed E-state index contributed by atoms with van der Waals surface area (Å²) in [6.45, 7) is 2.32. The molecule has 3 rings (SSSR count). The lowest BCUT2D eigenvalue weighted by Gasteiger charge is -2.32. The van der Waals surface area contributed by atoms with Crippen molar-refractivity contribution in [2.45, 2.75) is 44.7 Å². The smallest absolute Gasteiger partial charge is 0.273 e. The number of aromatic nitrogens is 3. The van der Waals surface area contributed by atoms with Crippen LogP contribution < -0.4 is 5.32 Å². The van der Waals surface area contributed by atoms with E-state index in [9.17, 15) is 9.59 Å². The van der Waals surface area contributed by atoms with Gasteiger partial charge in [-0.25, -0.2) is 4.68 Å². The second-order valence-corrected chi connectivity index (χ2v) is 6.53. The fraction of sp³-hybridized carbons (Fsp3) is 0.750. The molecule has 8 heteroatoms. The van der Waals surface area contributed by atoms with Crippen molar-refractivity contribution < 1.29 is 14.3 Å². The third-order valence-electron chi connectivity index (χ3n) is 4.88. The Hall–Kier alpha value is -1.96. The fourth-order valence-corrected chi connectivity index (χ4v) is 3.27. The number of ether oxygens (including phenoxy) is 1. The molecule has 8 nitrogen and oxygen atoms in total. The average Bonchev–Trinajstić information content (AvgIpc) is 3.15. The Morgan fingerprint density at radius 1 is 1.33 bits per heavy atom. The van der Waals surface area contributed by atoms with Crippen molar-refractivity contribution >= 4 is 11.8 Å². The van der Waals surface area contributed by atoms with Gasteiger partial charge in [-0.15, -0.1) is 5.10 Å². The minimum Gasteiger partial charge on any atom is -0.383 e. The molecule has 1 atom stereocenters. The highest BCUT2D eigenvalue weighted by molar-refractivity contribution is 5.91. The molecule has 0 bridgehead atoms. The molecule has 132 valence electrons. The van der Waals surface area contributed by atoms with Crippen molar-refractivity contribution in [2.75, 3.05) is 26.8 Å². The predicted octanol–water partition coefficient (Wildman–Crippen LogP) is 0.445. The number of likely N-dealkylation sites (tertiary alicyclic amines) is 1. The van der Waals surface area contributed by atoms with Crippen molar-refractivity contribution in [1.29, 1.82) is 0 Å². The van der Waals surface area contributed by atoms with Crippen molar-refractivity contribution in [3.05, 3.63) is 11.9 Å². The summed E-state index contributed by atoms with van der Waals surface area (Å²) >= 11 is 0. The van der Waals surface area contributed by atoms with Gasteiger partial charge in [-0.3, -0.25) is 9.59 Å². The lowest BCUT2D eigenvalue weighted by Crippen LogP contribution is -2.43. The zero-order valence-corrected chi connectivity index (χ0v) is 14.1. The first kappa shape index (κ1) is 16.9. The molecule has 1 aliphatic heterocycles. The summed E-state index contributed by atoms with van der Waals surface area (Å²) in [4.78, 5) is 26.4. The molecule has 1 aliphatic carbocycles. The number of rotatable bonds is 7. The summed E-state index contributed by atoms with van der Waals surface area (Å²) in [5, 5.41) is 10.7. The summed E-state index contributed by atoms with van der Waals surface area (Å²) < 4.78 is 6.56. The van der Waals surface area contributed by atoms with Crippen LogP contribution in [0.2, 0.25) is 0 Å². The SMILES string of the molecule is COCCNC(=O)c1cn(C[C@@H]2CCCN2C(=O)C2CCC2)nn1. The average molecular weight is 335 g/mol. The molecule has 24 heavy (non-hydrogen) atoms. The highest BCUT2D eigenvalue weighted by Crippen LogP contribution is 2.31. The van der Waals surface area contributed by atoms with Crippen LogP contribution in [0.15, 0.2) is 6.20 Å². The Morgan fingerprint density at radius 2 is 2.17 bits per heavy atom. The van der Waals surface area contributed by atoms with Gasteiger partial charge < -0.3 is 15.0 Å². The Balaban J connectivity index is 1.55. The number of nitrogens with one attached hydrogen (secondary N) is 1. The first-order valence-corrected chi connectivity index (χ1v) is 8.67. The second kappa shape index (κ2) is 7.74. The van der Waals surface area contributed by atoms with Gasteiger partial charge in [-0.1, -0.05) is 11.6 Å². The number of hydrogen-bond acceptors (Lipinski definition) is 5. The lowest BCUT2D eigenvalue weighted by atomic mass is 9.84. The van der Waals surface area contributed by atoms with Gasteiger partial charge in [-0.2, -0.15) is 0 Å². The predicted molar refractivity (Wildman–Crippen MR) is 86.3 cm³/mol. The molecule has 1 N–H and O–H groups in total. The summed E-state index contributed by atoms with van der Waals surface area (Å²) in [6.07, 6.45) is 6.87. The van der Waals surface area contributed by atoms with Gasteiger partial charge in [0.1, 0.15) is 0 Å². The van der Waals surface area contributed by atoms with Crippen molar-refractivity contribution in [3.8, 4) is 0 Å². The maximum absolute atomic E-state index is 12.5. The highest BCUT2D eigenvalue weighted by Gasteiger charge is 2.35. The van der Waals surface area contributed by atoms with Crippen LogP contribution in [0.3, 0.4) is 0 Å². The van der Waals surface area contributed by atoms with Gasteiger partial charge in [0.05, 0.1) is 25.4 Å². The van der Waals surface area contributed by atoms with Crippen LogP contribution >= 0.6 is 0 Å². The molecule has 1 aromatic heterocycles. The van der Waals surface area contributed by atoms with E-state index in [0.717, 1.165) is 32.2 Å². The van der Waals surface area contributed by atoms with E-state index in [1.54, 1.807) is 18.0 Å². The molecule has 0 unspecified atom stereocenters. The standard InChI is InChI=1S/C16H25N5O3/c1-24-9-7-17-15(22)14-11-20(19-18-14)10-13-6-3-8-21(13)16(23)12-4-2-5-12/h11-13H,2-10H2,1H3,(H,17,22)/t13-/m0/s1. The molecular weight excluding hydrogens is 310 g/mol. The molecule has 2 amide bonds. The van der Waals surface area contributed by atoms with Crippen LogP contribution in [0, 0.1) is 5.92 Å². The molecule has 2 heterocycles. The molecule has 2 fully saturated rings. The number of carbonyl (C=O) groups excluding carboxylic acids is 2. The van der Waals surface area contributed by atoms with Gasteiger partial charge in [0.25, 0.3) is 5.91 Å². The number of methoxy groups -OCH3 is 1. The number of amides is 2. The van der Waals surface area contributed by atoms with E-state index in [0.29, 0.717) is 31.3 Å². The van der Waals surface area contributed by atoms with E-state index >= 15 is 0 Å².